The lowest BCUT2D eigenvalue weighted by Crippen LogP contribution is -2.38. The van der Waals surface area contributed by atoms with Gasteiger partial charge in [0.2, 0.25) is 5.91 Å². The number of hydrogen-bond donors (Lipinski definition) is 1. The summed E-state index contributed by atoms with van der Waals surface area (Å²) >= 11 is 0. The summed E-state index contributed by atoms with van der Waals surface area (Å²) < 4.78 is 6.01. The third kappa shape index (κ3) is 3.73. The van der Waals surface area contributed by atoms with Crippen LogP contribution in [0.2, 0.25) is 0 Å². The van der Waals surface area contributed by atoms with Crippen molar-refractivity contribution in [3.8, 4) is 5.75 Å². The Labute approximate surface area is 175 Å². The van der Waals surface area contributed by atoms with E-state index in [1.807, 2.05) is 68.4 Å². The molecule has 6 nitrogen and oxygen atoms in total. The van der Waals surface area contributed by atoms with Crippen molar-refractivity contribution in [3.05, 3.63) is 71.4 Å². The maximum atomic E-state index is 12.7. The predicted octanol–water partition coefficient (Wildman–Crippen LogP) is 3.70. The van der Waals surface area contributed by atoms with Crippen LogP contribution in [0.5, 0.6) is 5.75 Å². The molecule has 0 bridgehead atoms. The number of aromatic nitrogens is 1. The molecule has 1 saturated heterocycles. The molecule has 0 saturated carbocycles. The van der Waals surface area contributed by atoms with Crippen molar-refractivity contribution in [3.63, 3.8) is 0 Å². The summed E-state index contributed by atoms with van der Waals surface area (Å²) in [5.74, 6) is -0.416. The first kappa shape index (κ1) is 19.9. The van der Waals surface area contributed by atoms with E-state index in [4.69, 9.17) is 9.84 Å². The molecular formula is C24H24N2O4. The Morgan fingerprint density at radius 1 is 1.20 bits per heavy atom. The SMILES string of the molecule is Cc1cc(COc2ccc(C3(C)CCN(CC(=O)O)C3=O)cc2)c2ccccc2n1. The molecule has 1 fully saturated rings. The van der Waals surface area contributed by atoms with Crippen LogP contribution in [0.4, 0.5) is 0 Å². The molecular weight excluding hydrogens is 380 g/mol. The molecule has 0 spiro atoms. The molecule has 30 heavy (non-hydrogen) atoms. The zero-order valence-electron chi connectivity index (χ0n) is 17.1. The lowest BCUT2D eigenvalue weighted by atomic mass is 9.81. The van der Waals surface area contributed by atoms with Crippen LogP contribution in [0, 0.1) is 6.92 Å². The number of amides is 1. The summed E-state index contributed by atoms with van der Waals surface area (Å²) in [6.45, 7) is 4.46. The van der Waals surface area contributed by atoms with Crippen LogP contribution in [-0.4, -0.2) is 40.0 Å². The number of benzene rings is 2. The smallest absolute Gasteiger partial charge is 0.323 e. The van der Waals surface area contributed by atoms with E-state index in [0.29, 0.717) is 25.3 Å². The summed E-state index contributed by atoms with van der Waals surface area (Å²) in [4.78, 5) is 29.7. The first-order valence-corrected chi connectivity index (χ1v) is 9.96. The topological polar surface area (TPSA) is 79.7 Å². The summed E-state index contributed by atoms with van der Waals surface area (Å²) in [6, 6.07) is 17.6. The number of hydrogen-bond acceptors (Lipinski definition) is 4. The fourth-order valence-corrected chi connectivity index (χ4v) is 4.09. The minimum atomic E-state index is -0.991. The van der Waals surface area contributed by atoms with Gasteiger partial charge < -0.3 is 14.7 Å². The van der Waals surface area contributed by atoms with Gasteiger partial charge in [-0.25, -0.2) is 0 Å². The van der Waals surface area contributed by atoms with E-state index in [1.54, 1.807) is 0 Å². The second-order valence-electron chi connectivity index (χ2n) is 7.96. The number of likely N-dealkylation sites (tertiary alicyclic amines) is 1. The van der Waals surface area contributed by atoms with Crippen molar-refractivity contribution in [1.82, 2.24) is 9.88 Å². The maximum Gasteiger partial charge on any atom is 0.323 e. The van der Waals surface area contributed by atoms with E-state index in [2.05, 4.69) is 4.98 Å². The van der Waals surface area contributed by atoms with Gasteiger partial charge in [-0.05, 0) is 50.1 Å². The molecule has 154 valence electrons. The van der Waals surface area contributed by atoms with E-state index >= 15 is 0 Å². The number of ether oxygens (including phenoxy) is 1. The number of carbonyl (C=O) groups is 2. The highest BCUT2D eigenvalue weighted by molar-refractivity contribution is 5.92. The maximum absolute atomic E-state index is 12.7. The fourth-order valence-electron chi connectivity index (χ4n) is 4.09. The molecule has 3 aromatic rings. The highest BCUT2D eigenvalue weighted by atomic mass is 16.5. The predicted molar refractivity (Wildman–Crippen MR) is 113 cm³/mol. The van der Waals surface area contributed by atoms with Crippen molar-refractivity contribution >= 4 is 22.8 Å². The zero-order chi connectivity index (χ0) is 21.3. The number of fused-ring (bicyclic) bond motifs is 1. The average molecular weight is 404 g/mol. The molecule has 2 heterocycles. The molecule has 1 amide bonds. The number of aryl methyl sites for hydroxylation is 1. The number of aliphatic carboxylic acids is 1. The average Bonchev–Trinajstić information content (AvgIpc) is 3.01. The van der Waals surface area contributed by atoms with Crippen LogP contribution in [0.25, 0.3) is 10.9 Å². The van der Waals surface area contributed by atoms with Gasteiger partial charge in [-0.1, -0.05) is 30.3 Å². The minimum Gasteiger partial charge on any atom is -0.489 e. The van der Waals surface area contributed by atoms with Gasteiger partial charge in [-0.15, -0.1) is 0 Å². The van der Waals surface area contributed by atoms with Crippen LogP contribution in [0.1, 0.15) is 30.2 Å². The highest BCUT2D eigenvalue weighted by Gasteiger charge is 2.44. The zero-order valence-corrected chi connectivity index (χ0v) is 17.1. The van der Waals surface area contributed by atoms with Crippen molar-refractivity contribution in [2.24, 2.45) is 0 Å². The quantitative estimate of drug-likeness (QED) is 0.678. The number of carboxylic acids is 1. The van der Waals surface area contributed by atoms with Crippen LogP contribution in [0.15, 0.2) is 54.6 Å². The molecule has 0 radical (unpaired) electrons. The molecule has 1 aliphatic heterocycles. The van der Waals surface area contributed by atoms with Gasteiger partial charge in [0.25, 0.3) is 0 Å². The summed E-state index contributed by atoms with van der Waals surface area (Å²) in [5, 5.41) is 10.1. The van der Waals surface area contributed by atoms with Gasteiger partial charge in [0.15, 0.2) is 0 Å². The fraction of sp³-hybridized carbons (Fsp3) is 0.292. The minimum absolute atomic E-state index is 0.141. The van der Waals surface area contributed by atoms with Crippen LogP contribution in [0.3, 0.4) is 0 Å². The molecule has 1 unspecified atom stereocenters. The standard InChI is InChI=1S/C24H24N2O4/c1-16-13-17(20-5-3-4-6-21(20)25-16)15-30-19-9-7-18(8-10-19)24(2)11-12-26(23(24)29)14-22(27)28/h3-10,13H,11-12,14-15H2,1-2H3,(H,27,28). The van der Waals surface area contributed by atoms with E-state index in [1.165, 1.54) is 4.90 Å². The molecule has 1 aromatic heterocycles. The van der Waals surface area contributed by atoms with Gasteiger partial charge >= 0.3 is 5.97 Å². The van der Waals surface area contributed by atoms with Gasteiger partial charge in [0.1, 0.15) is 18.9 Å². The first-order valence-electron chi connectivity index (χ1n) is 9.96. The van der Waals surface area contributed by atoms with E-state index in [-0.39, 0.29) is 12.5 Å². The van der Waals surface area contributed by atoms with Crippen molar-refractivity contribution in [2.75, 3.05) is 13.1 Å². The third-order valence-corrected chi connectivity index (χ3v) is 5.78. The van der Waals surface area contributed by atoms with Crippen LogP contribution < -0.4 is 4.74 Å². The lowest BCUT2D eigenvalue weighted by Gasteiger charge is -2.23. The second-order valence-corrected chi connectivity index (χ2v) is 7.96. The Kier molecular flexibility index (Phi) is 5.16. The van der Waals surface area contributed by atoms with Gasteiger partial charge in [0, 0.05) is 23.2 Å². The van der Waals surface area contributed by atoms with Gasteiger partial charge in [0.05, 0.1) is 10.9 Å². The normalized spacial score (nSPS) is 18.7. The van der Waals surface area contributed by atoms with E-state index in [0.717, 1.165) is 27.7 Å². The summed E-state index contributed by atoms with van der Waals surface area (Å²) in [5.41, 5.74) is 3.14. The van der Waals surface area contributed by atoms with E-state index < -0.39 is 11.4 Å². The molecule has 2 aromatic carbocycles. The number of pyridine rings is 1. The first-order chi connectivity index (χ1) is 14.4. The molecule has 1 atom stereocenters. The number of para-hydroxylation sites is 1. The van der Waals surface area contributed by atoms with E-state index in [9.17, 15) is 9.59 Å². The second kappa shape index (κ2) is 7.78. The molecule has 1 aliphatic rings. The largest absolute Gasteiger partial charge is 0.489 e. The van der Waals surface area contributed by atoms with Crippen LogP contribution in [-0.2, 0) is 21.6 Å². The molecule has 4 rings (SSSR count). The lowest BCUT2D eigenvalue weighted by molar-refractivity contribution is -0.144. The molecule has 1 N–H and O–H groups in total. The van der Waals surface area contributed by atoms with Crippen molar-refractivity contribution < 1.29 is 19.4 Å². The summed E-state index contributed by atoms with van der Waals surface area (Å²) in [6.07, 6.45) is 0.599. The van der Waals surface area contributed by atoms with Gasteiger partial charge in [-0.2, -0.15) is 0 Å². The third-order valence-electron chi connectivity index (χ3n) is 5.78. The molecule has 6 heteroatoms. The Balaban J connectivity index is 1.49. The number of rotatable bonds is 6. The number of carbonyl (C=O) groups excluding carboxylic acids is 1. The Hall–Kier alpha value is -3.41. The highest BCUT2D eigenvalue weighted by Crippen LogP contribution is 2.36. The Morgan fingerprint density at radius 2 is 1.93 bits per heavy atom. The Morgan fingerprint density at radius 3 is 2.67 bits per heavy atom. The Bertz CT molecular complexity index is 1110. The molecule has 0 aliphatic carbocycles. The number of carboxylic acid groups (broad SMARTS) is 1. The monoisotopic (exact) mass is 404 g/mol. The summed E-state index contributed by atoms with van der Waals surface area (Å²) in [7, 11) is 0. The van der Waals surface area contributed by atoms with Crippen LogP contribution >= 0.6 is 0 Å². The van der Waals surface area contributed by atoms with Gasteiger partial charge in [-0.3, -0.25) is 14.6 Å². The van der Waals surface area contributed by atoms with Crippen molar-refractivity contribution in [2.45, 2.75) is 32.3 Å². The van der Waals surface area contributed by atoms with Crippen molar-refractivity contribution in [1.29, 1.82) is 0 Å². The number of nitrogens with zero attached hydrogens (tertiary/aromatic N) is 2.